The van der Waals surface area contributed by atoms with Crippen molar-refractivity contribution in [2.75, 3.05) is 17.2 Å². The van der Waals surface area contributed by atoms with E-state index in [1.807, 2.05) is 31.2 Å². The highest BCUT2D eigenvalue weighted by Crippen LogP contribution is 2.21. The molecular formula is C22H24N4O3. The van der Waals surface area contributed by atoms with Crippen molar-refractivity contribution >= 4 is 34.2 Å². The Morgan fingerprint density at radius 3 is 2.52 bits per heavy atom. The van der Waals surface area contributed by atoms with Gasteiger partial charge >= 0.3 is 6.03 Å². The molecule has 1 atom stereocenters. The summed E-state index contributed by atoms with van der Waals surface area (Å²) in [6.45, 7) is 1.83. The van der Waals surface area contributed by atoms with Gasteiger partial charge in [0.05, 0.1) is 30.3 Å². The minimum absolute atomic E-state index is 0.0770. The second-order valence-corrected chi connectivity index (χ2v) is 6.69. The zero-order valence-electron chi connectivity index (χ0n) is 16.2. The van der Waals surface area contributed by atoms with Gasteiger partial charge in [-0.1, -0.05) is 37.3 Å². The van der Waals surface area contributed by atoms with Crippen LogP contribution < -0.4 is 16.0 Å². The maximum atomic E-state index is 12.3. The van der Waals surface area contributed by atoms with E-state index in [-0.39, 0.29) is 31.0 Å². The second kappa shape index (κ2) is 9.66. The average Bonchev–Trinajstić information content (AvgIpc) is 2.73. The van der Waals surface area contributed by atoms with Gasteiger partial charge in [0.1, 0.15) is 0 Å². The monoisotopic (exact) mass is 392 g/mol. The summed E-state index contributed by atoms with van der Waals surface area (Å²) in [6.07, 6.45) is 2.57. The first kappa shape index (κ1) is 20.3. The SMILES string of the molecule is CCC(CO)NC(=O)Cc1ccc(NC(=O)Nc2cccc3cccnc23)cc1. The lowest BCUT2D eigenvalue weighted by atomic mass is 10.1. The standard InChI is InChI=1S/C22H24N4O3/c1-2-17(14-27)24-20(28)13-15-8-10-18(11-9-15)25-22(29)26-19-7-3-5-16-6-4-12-23-21(16)19/h3-12,17,27H,2,13-14H2,1H3,(H,24,28)(H2,25,26,29). The first-order valence-corrected chi connectivity index (χ1v) is 9.50. The smallest absolute Gasteiger partial charge is 0.323 e. The predicted molar refractivity (Wildman–Crippen MR) is 114 cm³/mol. The molecule has 0 radical (unpaired) electrons. The lowest BCUT2D eigenvalue weighted by Crippen LogP contribution is -2.37. The van der Waals surface area contributed by atoms with Gasteiger partial charge in [0.2, 0.25) is 5.91 Å². The van der Waals surface area contributed by atoms with Gasteiger partial charge in [-0.25, -0.2) is 4.79 Å². The topological polar surface area (TPSA) is 103 Å². The fraction of sp³-hybridized carbons (Fsp3) is 0.227. The third-order valence-electron chi connectivity index (χ3n) is 4.54. The third-order valence-corrected chi connectivity index (χ3v) is 4.54. The Labute approximate surface area is 169 Å². The summed E-state index contributed by atoms with van der Waals surface area (Å²) in [4.78, 5) is 28.7. The number of hydrogen-bond acceptors (Lipinski definition) is 4. The van der Waals surface area contributed by atoms with Gasteiger partial charge in [-0.05, 0) is 36.2 Å². The normalized spacial score (nSPS) is 11.7. The molecule has 7 heteroatoms. The number of hydrogen-bond donors (Lipinski definition) is 4. The van der Waals surface area contributed by atoms with E-state index >= 15 is 0 Å². The molecule has 0 aliphatic rings. The first-order chi connectivity index (χ1) is 14.1. The Morgan fingerprint density at radius 2 is 1.79 bits per heavy atom. The molecule has 0 aliphatic heterocycles. The van der Waals surface area contributed by atoms with Crippen molar-refractivity contribution in [3.8, 4) is 0 Å². The number of para-hydroxylation sites is 1. The molecule has 0 spiro atoms. The highest BCUT2D eigenvalue weighted by Gasteiger charge is 2.10. The summed E-state index contributed by atoms with van der Waals surface area (Å²) in [5.74, 6) is -0.146. The molecule has 150 valence electrons. The van der Waals surface area contributed by atoms with E-state index in [0.717, 1.165) is 16.5 Å². The van der Waals surface area contributed by atoms with E-state index in [1.165, 1.54) is 0 Å². The van der Waals surface area contributed by atoms with Crippen LogP contribution in [0.15, 0.2) is 60.8 Å². The van der Waals surface area contributed by atoms with Crippen LogP contribution in [0, 0.1) is 0 Å². The van der Waals surface area contributed by atoms with Crippen LogP contribution in [0.5, 0.6) is 0 Å². The average molecular weight is 392 g/mol. The number of rotatable bonds is 7. The summed E-state index contributed by atoms with van der Waals surface area (Å²) in [5, 5.41) is 18.5. The highest BCUT2D eigenvalue weighted by atomic mass is 16.3. The fourth-order valence-electron chi connectivity index (χ4n) is 2.94. The summed E-state index contributed by atoms with van der Waals surface area (Å²) >= 11 is 0. The Morgan fingerprint density at radius 1 is 1.03 bits per heavy atom. The van der Waals surface area contributed by atoms with Gasteiger partial charge in [0.15, 0.2) is 0 Å². The van der Waals surface area contributed by atoms with Gasteiger partial charge in [0.25, 0.3) is 0 Å². The number of nitrogens with zero attached hydrogens (tertiary/aromatic N) is 1. The maximum absolute atomic E-state index is 12.3. The van der Waals surface area contributed by atoms with Crippen LogP contribution in [0.2, 0.25) is 0 Å². The third kappa shape index (κ3) is 5.52. The molecule has 0 saturated heterocycles. The molecule has 0 aliphatic carbocycles. The largest absolute Gasteiger partial charge is 0.394 e. The van der Waals surface area contributed by atoms with Crippen LogP contribution in [0.25, 0.3) is 10.9 Å². The van der Waals surface area contributed by atoms with Crippen molar-refractivity contribution in [2.24, 2.45) is 0 Å². The molecule has 4 N–H and O–H groups in total. The van der Waals surface area contributed by atoms with Gasteiger partial charge in [-0.2, -0.15) is 0 Å². The number of pyridine rings is 1. The summed E-state index contributed by atoms with van der Waals surface area (Å²) < 4.78 is 0. The summed E-state index contributed by atoms with van der Waals surface area (Å²) in [7, 11) is 0. The summed E-state index contributed by atoms with van der Waals surface area (Å²) in [5.41, 5.74) is 2.78. The van der Waals surface area contributed by atoms with E-state index < -0.39 is 0 Å². The number of aliphatic hydroxyl groups excluding tert-OH is 1. The quantitative estimate of drug-likeness (QED) is 0.495. The Balaban J connectivity index is 1.58. The zero-order chi connectivity index (χ0) is 20.6. The number of nitrogens with one attached hydrogen (secondary N) is 3. The zero-order valence-corrected chi connectivity index (χ0v) is 16.2. The Kier molecular flexibility index (Phi) is 6.76. The van der Waals surface area contributed by atoms with Crippen LogP contribution in [0.3, 0.4) is 0 Å². The summed E-state index contributed by atoms with van der Waals surface area (Å²) in [6, 6.07) is 15.8. The van der Waals surface area contributed by atoms with Gasteiger partial charge in [-0.15, -0.1) is 0 Å². The number of aromatic nitrogens is 1. The van der Waals surface area contributed by atoms with E-state index in [0.29, 0.717) is 17.8 Å². The minimum atomic E-state index is -0.373. The number of fused-ring (bicyclic) bond motifs is 1. The second-order valence-electron chi connectivity index (χ2n) is 6.69. The van der Waals surface area contributed by atoms with Crippen LogP contribution in [0.1, 0.15) is 18.9 Å². The Hall–Kier alpha value is -3.45. The lowest BCUT2D eigenvalue weighted by Gasteiger charge is -2.14. The molecule has 0 bridgehead atoms. The van der Waals surface area contributed by atoms with Crippen molar-refractivity contribution in [3.05, 3.63) is 66.4 Å². The van der Waals surface area contributed by atoms with Crippen molar-refractivity contribution in [1.29, 1.82) is 0 Å². The molecule has 7 nitrogen and oxygen atoms in total. The van der Waals surface area contributed by atoms with Gasteiger partial charge in [-0.3, -0.25) is 9.78 Å². The molecule has 0 saturated carbocycles. The minimum Gasteiger partial charge on any atom is -0.394 e. The number of anilines is 2. The fourth-order valence-corrected chi connectivity index (χ4v) is 2.94. The molecule has 1 aromatic heterocycles. The molecule has 3 rings (SSSR count). The van der Waals surface area contributed by atoms with Crippen LogP contribution in [0.4, 0.5) is 16.2 Å². The Bertz CT molecular complexity index is 980. The van der Waals surface area contributed by atoms with E-state index in [9.17, 15) is 9.59 Å². The number of aliphatic hydroxyl groups is 1. The molecule has 3 amide bonds. The number of amides is 3. The van der Waals surface area contributed by atoms with Crippen LogP contribution in [-0.4, -0.2) is 34.7 Å². The van der Waals surface area contributed by atoms with E-state index in [2.05, 4.69) is 20.9 Å². The van der Waals surface area contributed by atoms with Crippen LogP contribution in [-0.2, 0) is 11.2 Å². The first-order valence-electron chi connectivity index (χ1n) is 9.50. The van der Waals surface area contributed by atoms with Crippen molar-refractivity contribution in [2.45, 2.75) is 25.8 Å². The molecule has 1 unspecified atom stereocenters. The molecule has 0 fully saturated rings. The number of urea groups is 1. The number of carbonyl (C=O) groups is 2. The molecular weight excluding hydrogens is 368 g/mol. The molecule has 3 aromatic rings. The number of carbonyl (C=O) groups excluding carboxylic acids is 2. The van der Waals surface area contributed by atoms with E-state index in [1.54, 1.807) is 36.5 Å². The predicted octanol–water partition coefficient (Wildman–Crippen LogP) is 3.31. The van der Waals surface area contributed by atoms with Crippen molar-refractivity contribution in [1.82, 2.24) is 10.3 Å². The van der Waals surface area contributed by atoms with E-state index in [4.69, 9.17) is 5.11 Å². The van der Waals surface area contributed by atoms with Crippen molar-refractivity contribution < 1.29 is 14.7 Å². The van der Waals surface area contributed by atoms with Gasteiger partial charge < -0.3 is 21.1 Å². The lowest BCUT2D eigenvalue weighted by molar-refractivity contribution is -0.121. The maximum Gasteiger partial charge on any atom is 0.323 e. The molecule has 1 heterocycles. The molecule has 29 heavy (non-hydrogen) atoms. The molecule has 2 aromatic carbocycles. The van der Waals surface area contributed by atoms with Gasteiger partial charge in [0, 0.05) is 17.3 Å². The van der Waals surface area contributed by atoms with Crippen LogP contribution >= 0.6 is 0 Å². The van der Waals surface area contributed by atoms with Crippen molar-refractivity contribution in [3.63, 3.8) is 0 Å². The highest BCUT2D eigenvalue weighted by molar-refractivity contribution is 6.05. The number of benzene rings is 2.